The maximum atomic E-state index is 13.0. The Labute approximate surface area is 159 Å². The Morgan fingerprint density at radius 2 is 1.67 bits per heavy atom. The number of anilines is 1. The van der Waals surface area contributed by atoms with Crippen LogP contribution in [0.1, 0.15) is 34.6 Å². The van der Waals surface area contributed by atoms with Crippen molar-refractivity contribution < 1.29 is 9.59 Å². The third kappa shape index (κ3) is 3.87. The first kappa shape index (κ1) is 18.7. The fourth-order valence-electron chi connectivity index (χ4n) is 3.18. The maximum Gasteiger partial charge on any atom is 0.257 e. The second-order valence-corrected chi connectivity index (χ2v) is 7.31. The Bertz CT molecular complexity index is 986. The summed E-state index contributed by atoms with van der Waals surface area (Å²) in [6, 6.07) is 15.0. The lowest BCUT2D eigenvalue weighted by atomic mass is 10.1. The van der Waals surface area contributed by atoms with Crippen molar-refractivity contribution in [2.75, 3.05) is 19.4 Å². The lowest BCUT2D eigenvalue weighted by Gasteiger charge is -2.14. The minimum atomic E-state index is -0.215. The molecule has 2 aromatic carbocycles. The number of amides is 2. The van der Waals surface area contributed by atoms with E-state index in [0.717, 1.165) is 17.4 Å². The van der Waals surface area contributed by atoms with Crippen molar-refractivity contribution in [3.8, 4) is 0 Å². The average molecular weight is 363 g/mol. The fourth-order valence-corrected chi connectivity index (χ4v) is 3.18. The number of rotatable bonds is 5. The molecule has 0 bridgehead atoms. The topological polar surface area (TPSA) is 54.3 Å². The molecule has 2 amide bonds. The van der Waals surface area contributed by atoms with Gasteiger partial charge < -0.3 is 14.8 Å². The van der Waals surface area contributed by atoms with Crippen LogP contribution >= 0.6 is 0 Å². The molecule has 0 fully saturated rings. The fraction of sp³-hybridized carbons (Fsp3) is 0.273. The molecule has 5 heteroatoms. The molecule has 0 aliphatic heterocycles. The summed E-state index contributed by atoms with van der Waals surface area (Å²) in [5.74, 6) is 0.107. The van der Waals surface area contributed by atoms with E-state index in [0.29, 0.717) is 22.7 Å². The van der Waals surface area contributed by atoms with E-state index in [-0.39, 0.29) is 11.8 Å². The normalized spacial score (nSPS) is 11.0. The van der Waals surface area contributed by atoms with Crippen molar-refractivity contribution in [1.29, 1.82) is 0 Å². The molecule has 0 spiro atoms. The van der Waals surface area contributed by atoms with Crippen LogP contribution in [0, 0.1) is 5.92 Å². The summed E-state index contributed by atoms with van der Waals surface area (Å²) in [6.45, 7) is 5.14. The molecule has 1 N–H and O–H groups in total. The molecule has 0 aliphatic carbocycles. The minimum Gasteiger partial charge on any atom is -0.346 e. The molecule has 0 atom stereocenters. The van der Waals surface area contributed by atoms with Crippen LogP contribution in [-0.4, -0.2) is 35.4 Å². The van der Waals surface area contributed by atoms with E-state index in [1.54, 1.807) is 32.3 Å². The van der Waals surface area contributed by atoms with Crippen molar-refractivity contribution in [3.05, 3.63) is 65.9 Å². The van der Waals surface area contributed by atoms with E-state index >= 15 is 0 Å². The van der Waals surface area contributed by atoms with Crippen molar-refractivity contribution in [3.63, 3.8) is 0 Å². The van der Waals surface area contributed by atoms with E-state index in [1.807, 2.05) is 36.5 Å². The van der Waals surface area contributed by atoms with Gasteiger partial charge in [0.2, 0.25) is 0 Å². The molecule has 0 saturated carbocycles. The molecule has 5 nitrogen and oxygen atoms in total. The zero-order chi connectivity index (χ0) is 19.6. The molecular weight excluding hydrogens is 338 g/mol. The standard InChI is InChI=1S/C22H25N3O2/c1-15(2)13-25-14-18(16-9-6-8-12-20(16)25)21(26)23-19-11-7-5-10-17(19)22(27)24(3)4/h5-12,14-15H,13H2,1-4H3,(H,23,26). The van der Waals surface area contributed by atoms with Crippen molar-refractivity contribution in [2.45, 2.75) is 20.4 Å². The van der Waals surface area contributed by atoms with Gasteiger partial charge in [0.25, 0.3) is 11.8 Å². The highest BCUT2D eigenvalue weighted by Gasteiger charge is 2.19. The first-order valence-electron chi connectivity index (χ1n) is 9.08. The Hall–Kier alpha value is -3.08. The summed E-state index contributed by atoms with van der Waals surface area (Å²) < 4.78 is 2.12. The molecule has 140 valence electrons. The summed E-state index contributed by atoms with van der Waals surface area (Å²) in [7, 11) is 3.39. The van der Waals surface area contributed by atoms with Crippen molar-refractivity contribution >= 4 is 28.4 Å². The number of benzene rings is 2. The van der Waals surface area contributed by atoms with E-state index in [9.17, 15) is 9.59 Å². The van der Waals surface area contributed by atoms with Gasteiger partial charge in [-0.25, -0.2) is 0 Å². The van der Waals surface area contributed by atoms with Crippen LogP contribution in [0.2, 0.25) is 0 Å². The van der Waals surface area contributed by atoms with E-state index in [4.69, 9.17) is 0 Å². The number of carbonyl (C=O) groups excluding carboxylic acids is 2. The van der Waals surface area contributed by atoms with Gasteiger partial charge in [-0.1, -0.05) is 44.2 Å². The number of nitrogens with zero attached hydrogens (tertiary/aromatic N) is 2. The van der Waals surface area contributed by atoms with E-state index in [1.165, 1.54) is 4.90 Å². The summed E-state index contributed by atoms with van der Waals surface area (Å²) in [5, 5.41) is 3.83. The van der Waals surface area contributed by atoms with E-state index < -0.39 is 0 Å². The first-order chi connectivity index (χ1) is 12.9. The number of nitrogens with one attached hydrogen (secondary N) is 1. The van der Waals surface area contributed by atoms with Gasteiger partial charge in [-0.15, -0.1) is 0 Å². The summed E-state index contributed by atoms with van der Waals surface area (Å²) >= 11 is 0. The first-order valence-corrected chi connectivity index (χ1v) is 9.08. The predicted octanol–water partition coefficient (Wildman–Crippen LogP) is 4.25. The highest BCUT2D eigenvalue weighted by Crippen LogP contribution is 2.24. The van der Waals surface area contributed by atoms with Crippen LogP contribution in [0.25, 0.3) is 10.9 Å². The number of para-hydroxylation sites is 2. The lowest BCUT2D eigenvalue weighted by molar-refractivity contribution is 0.0828. The van der Waals surface area contributed by atoms with Crippen molar-refractivity contribution in [1.82, 2.24) is 9.47 Å². The van der Waals surface area contributed by atoms with Gasteiger partial charge >= 0.3 is 0 Å². The molecule has 1 heterocycles. The Morgan fingerprint density at radius 3 is 2.37 bits per heavy atom. The second kappa shape index (κ2) is 7.66. The molecular formula is C22H25N3O2. The summed E-state index contributed by atoms with van der Waals surface area (Å²) in [5.41, 5.74) is 2.64. The van der Waals surface area contributed by atoms with Crippen LogP contribution in [0.3, 0.4) is 0 Å². The zero-order valence-corrected chi connectivity index (χ0v) is 16.2. The summed E-state index contributed by atoms with van der Waals surface area (Å²) in [6.07, 6.45) is 1.90. The maximum absolute atomic E-state index is 13.0. The quantitative estimate of drug-likeness (QED) is 0.737. The van der Waals surface area contributed by atoms with E-state index in [2.05, 4.69) is 23.7 Å². The molecule has 0 unspecified atom stereocenters. The van der Waals surface area contributed by atoms with Gasteiger partial charge in [-0.3, -0.25) is 9.59 Å². The minimum absolute atomic E-state index is 0.145. The smallest absolute Gasteiger partial charge is 0.257 e. The molecule has 0 saturated heterocycles. The second-order valence-electron chi connectivity index (χ2n) is 7.31. The van der Waals surface area contributed by atoms with Crippen LogP contribution in [0.5, 0.6) is 0 Å². The Morgan fingerprint density at radius 1 is 1.00 bits per heavy atom. The number of hydrogen-bond donors (Lipinski definition) is 1. The molecule has 27 heavy (non-hydrogen) atoms. The lowest BCUT2D eigenvalue weighted by Crippen LogP contribution is -2.24. The summed E-state index contributed by atoms with van der Waals surface area (Å²) in [4.78, 5) is 26.9. The number of carbonyl (C=O) groups is 2. The van der Waals surface area contributed by atoms with Gasteiger partial charge in [0.15, 0.2) is 0 Å². The monoisotopic (exact) mass is 363 g/mol. The van der Waals surface area contributed by atoms with Crippen LogP contribution < -0.4 is 5.32 Å². The zero-order valence-electron chi connectivity index (χ0n) is 16.2. The Kier molecular flexibility index (Phi) is 5.31. The van der Waals surface area contributed by atoms with Gasteiger partial charge in [0.05, 0.1) is 16.8 Å². The molecule has 3 aromatic rings. The average Bonchev–Trinajstić information content (AvgIpc) is 3.00. The number of fused-ring (bicyclic) bond motifs is 1. The van der Waals surface area contributed by atoms with Gasteiger partial charge in [0, 0.05) is 37.7 Å². The van der Waals surface area contributed by atoms with Crippen LogP contribution in [0.4, 0.5) is 5.69 Å². The van der Waals surface area contributed by atoms with Crippen molar-refractivity contribution in [2.24, 2.45) is 5.92 Å². The largest absolute Gasteiger partial charge is 0.346 e. The SMILES string of the molecule is CC(C)Cn1cc(C(=O)Nc2ccccc2C(=O)N(C)C)c2ccccc21. The van der Waals surface area contributed by atoms with Crippen LogP contribution in [-0.2, 0) is 6.54 Å². The van der Waals surface area contributed by atoms with Gasteiger partial charge in [-0.2, -0.15) is 0 Å². The van der Waals surface area contributed by atoms with Crippen LogP contribution in [0.15, 0.2) is 54.7 Å². The predicted molar refractivity (Wildman–Crippen MR) is 109 cm³/mol. The molecule has 0 radical (unpaired) electrons. The van der Waals surface area contributed by atoms with Gasteiger partial charge in [0.1, 0.15) is 0 Å². The third-order valence-electron chi connectivity index (χ3n) is 4.41. The number of hydrogen-bond acceptors (Lipinski definition) is 2. The molecule has 3 rings (SSSR count). The Balaban J connectivity index is 1.98. The molecule has 1 aromatic heterocycles. The highest BCUT2D eigenvalue weighted by atomic mass is 16.2. The molecule has 0 aliphatic rings. The van der Waals surface area contributed by atoms with Gasteiger partial charge in [-0.05, 0) is 24.1 Å². The third-order valence-corrected chi connectivity index (χ3v) is 4.41. The number of aromatic nitrogens is 1. The highest BCUT2D eigenvalue weighted by molar-refractivity contribution is 6.14.